The molecule has 10 heteroatoms. The lowest BCUT2D eigenvalue weighted by molar-refractivity contribution is 0.581. The van der Waals surface area contributed by atoms with Crippen LogP contribution >= 0.6 is 0 Å². The van der Waals surface area contributed by atoms with Crippen LogP contribution in [0, 0.1) is 0 Å². The lowest BCUT2D eigenvalue weighted by Gasteiger charge is -2.07. The average Bonchev–Trinajstić information content (AvgIpc) is 3.21. The number of fused-ring (bicyclic) bond motifs is 1. The second kappa shape index (κ2) is 7.39. The standard InChI is InChI=1S/C20H19N5O4S/c1-24-17-11-16(23-18(17)19(26)25(2)20(24)27)14-3-5-15(6-4-14)30(28,29)22-12-13-7-9-21-10-8-13/h3-11,22-23H,12H2,1-2H3. The van der Waals surface area contributed by atoms with Gasteiger partial charge in [-0.1, -0.05) is 12.1 Å². The van der Waals surface area contributed by atoms with Crippen LogP contribution in [0.5, 0.6) is 0 Å². The molecule has 0 spiro atoms. The summed E-state index contributed by atoms with van der Waals surface area (Å²) in [4.78, 5) is 31.5. The Kier molecular flexibility index (Phi) is 4.88. The third-order valence-electron chi connectivity index (χ3n) is 4.94. The molecule has 0 bridgehead atoms. The highest BCUT2D eigenvalue weighted by Crippen LogP contribution is 2.23. The van der Waals surface area contributed by atoms with Gasteiger partial charge in [0.05, 0.1) is 10.4 Å². The minimum atomic E-state index is -3.69. The van der Waals surface area contributed by atoms with Crippen molar-refractivity contribution in [3.05, 3.63) is 81.3 Å². The van der Waals surface area contributed by atoms with Crippen molar-refractivity contribution < 1.29 is 8.42 Å². The second-order valence-electron chi connectivity index (χ2n) is 6.85. The highest BCUT2D eigenvalue weighted by Gasteiger charge is 2.16. The fraction of sp³-hybridized carbons (Fsp3) is 0.150. The maximum absolute atomic E-state index is 12.5. The number of hydrogen-bond donors (Lipinski definition) is 2. The molecule has 0 fully saturated rings. The molecule has 0 aliphatic carbocycles. The van der Waals surface area contributed by atoms with Crippen molar-refractivity contribution in [1.82, 2.24) is 23.8 Å². The number of hydrogen-bond acceptors (Lipinski definition) is 5. The zero-order valence-corrected chi connectivity index (χ0v) is 17.1. The van der Waals surface area contributed by atoms with Crippen molar-refractivity contribution in [3.63, 3.8) is 0 Å². The van der Waals surface area contributed by atoms with Crippen LogP contribution in [-0.2, 0) is 30.7 Å². The molecule has 0 unspecified atom stereocenters. The molecular formula is C20H19N5O4S. The second-order valence-corrected chi connectivity index (χ2v) is 8.62. The van der Waals surface area contributed by atoms with E-state index >= 15 is 0 Å². The molecule has 30 heavy (non-hydrogen) atoms. The van der Waals surface area contributed by atoms with E-state index in [9.17, 15) is 18.0 Å². The first kappa shape index (κ1) is 19.8. The summed E-state index contributed by atoms with van der Waals surface area (Å²) < 4.78 is 30.1. The molecule has 2 N–H and O–H groups in total. The van der Waals surface area contributed by atoms with Gasteiger partial charge in [-0.3, -0.25) is 18.9 Å². The molecule has 0 atom stereocenters. The highest BCUT2D eigenvalue weighted by atomic mass is 32.2. The molecule has 9 nitrogen and oxygen atoms in total. The van der Waals surface area contributed by atoms with Crippen LogP contribution in [0.15, 0.2) is 69.3 Å². The third kappa shape index (κ3) is 3.46. The smallest absolute Gasteiger partial charge is 0.331 e. The summed E-state index contributed by atoms with van der Waals surface area (Å²) in [5.41, 5.74) is 2.05. The number of aryl methyl sites for hydroxylation is 1. The summed E-state index contributed by atoms with van der Waals surface area (Å²) in [7, 11) is -0.677. The van der Waals surface area contributed by atoms with Crippen LogP contribution in [-0.4, -0.2) is 27.5 Å². The van der Waals surface area contributed by atoms with E-state index in [1.165, 1.54) is 23.7 Å². The molecule has 154 valence electrons. The van der Waals surface area contributed by atoms with Crippen molar-refractivity contribution in [3.8, 4) is 11.3 Å². The van der Waals surface area contributed by atoms with E-state index in [1.54, 1.807) is 49.8 Å². The van der Waals surface area contributed by atoms with Gasteiger partial charge in [0, 0.05) is 38.7 Å². The van der Waals surface area contributed by atoms with E-state index in [0.717, 1.165) is 10.1 Å². The van der Waals surface area contributed by atoms with E-state index in [1.807, 2.05) is 0 Å². The van der Waals surface area contributed by atoms with Crippen LogP contribution in [0.4, 0.5) is 0 Å². The number of sulfonamides is 1. The van der Waals surface area contributed by atoms with Crippen LogP contribution in [0.3, 0.4) is 0 Å². The quantitative estimate of drug-likeness (QED) is 0.496. The minimum absolute atomic E-state index is 0.125. The molecule has 0 saturated heterocycles. The molecule has 3 heterocycles. The normalized spacial score (nSPS) is 11.8. The molecule has 0 aliphatic rings. The Morgan fingerprint density at radius 3 is 2.33 bits per heavy atom. The number of benzene rings is 1. The SMILES string of the molecule is Cn1c(=O)c2[nH]c(-c3ccc(S(=O)(=O)NCc4ccncc4)cc3)cc2n(C)c1=O. The van der Waals surface area contributed by atoms with Crippen LogP contribution < -0.4 is 16.0 Å². The lowest BCUT2D eigenvalue weighted by Crippen LogP contribution is -2.36. The summed E-state index contributed by atoms with van der Waals surface area (Å²) >= 11 is 0. The Labute approximate surface area is 171 Å². The molecule has 0 radical (unpaired) electrons. The van der Waals surface area contributed by atoms with Gasteiger partial charge in [-0.2, -0.15) is 0 Å². The monoisotopic (exact) mass is 425 g/mol. The average molecular weight is 425 g/mol. The molecule has 1 aromatic carbocycles. The van der Waals surface area contributed by atoms with Gasteiger partial charge in [0.1, 0.15) is 5.52 Å². The van der Waals surface area contributed by atoms with E-state index in [0.29, 0.717) is 22.3 Å². The van der Waals surface area contributed by atoms with Crippen molar-refractivity contribution in [2.45, 2.75) is 11.4 Å². The van der Waals surface area contributed by atoms with Gasteiger partial charge in [-0.05, 0) is 41.5 Å². The number of aromatic nitrogens is 4. The molecule has 4 aromatic rings. The van der Waals surface area contributed by atoms with Gasteiger partial charge >= 0.3 is 5.69 Å². The van der Waals surface area contributed by atoms with E-state index in [4.69, 9.17) is 0 Å². The Morgan fingerprint density at radius 2 is 1.67 bits per heavy atom. The maximum atomic E-state index is 12.5. The molecule has 0 amide bonds. The number of H-pyrrole nitrogens is 1. The fourth-order valence-electron chi connectivity index (χ4n) is 3.19. The first-order chi connectivity index (χ1) is 14.3. The first-order valence-corrected chi connectivity index (χ1v) is 10.5. The Hall–Kier alpha value is -3.50. The number of rotatable bonds is 5. The summed E-state index contributed by atoms with van der Waals surface area (Å²) in [6, 6.07) is 11.4. The minimum Gasteiger partial charge on any atom is -0.349 e. The maximum Gasteiger partial charge on any atom is 0.331 e. The fourth-order valence-corrected chi connectivity index (χ4v) is 4.20. The zero-order chi connectivity index (χ0) is 21.5. The largest absolute Gasteiger partial charge is 0.349 e. The van der Waals surface area contributed by atoms with Crippen molar-refractivity contribution >= 4 is 21.1 Å². The Balaban J connectivity index is 1.64. The Morgan fingerprint density at radius 1 is 1.00 bits per heavy atom. The van der Waals surface area contributed by atoms with Gasteiger partial charge in [0.15, 0.2) is 0 Å². The van der Waals surface area contributed by atoms with Gasteiger partial charge in [-0.15, -0.1) is 0 Å². The van der Waals surface area contributed by atoms with E-state index in [2.05, 4.69) is 14.7 Å². The lowest BCUT2D eigenvalue weighted by atomic mass is 10.1. The van der Waals surface area contributed by atoms with Crippen molar-refractivity contribution in [2.24, 2.45) is 14.1 Å². The van der Waals surface area contributed by atoms with E-state index in [-0.39, 0.29) is 11.4 Å². The van der Waals surface area contributed by atoms with Gasteiger partial charge in [0.25, 0.3) is 5.56 Å². The van der Waals surface area contributed by atoms with Crippen LogP contribution in [0.25, 0.3) is 22.3 Å². The van der Waals surface area contributed by atoms with E-state index < -0.39 is 21.3 Å². The van der Waals surface area contributed by atoms with Crippen LogP contribution in [0.1, 0.15) is 5.56 Å². The topological polar surface area (TPSA) is 119 Å². The number of pyridine rings is 1. The van der Waals surface area contributed by atoms with Gasteiger partial charge < -0.3 is 4.98 Å². The van der Waals surface area contributed by atoms with Crippen molar-refractivity contribution in [1.29, 1.82) is 0 Å². The molecule has 0 saturated carbocycles. The predicted octanol–water partition coefficient (Wildman–Crippen LogP) is 1.11. The number of nitrogens with one attached hydrogen (secondary N) is 2. The highest BCUT2D eigenvalue weighted by molar-refractivity contribution is 7.89. The molecule has 4 rings (SSSR count). The number of aromatic amines is 1. The summed E-state index contributed by atoms with van der Waals surface area (Å²) in [6.45, 7) is 0.159. The summed E-state index contributed by atoms with van der Waals surface area (Å²) in [6.07, 6.45) is 3.20. The third-order valence-corrected chi connectivity index (χ3v) is 6.36. The molecule has 0 aliphatic heterocycles. The van der Waals surface area contributed by atoms with Gasteiger partial charge in [-0.25, -0.2) is 17.9 Å². The summed E-state index contributed by atoms with van der Waals surface area (Å²) in [5.74, 6) is 0. The predicted molar refractivity (Wildman–Crippen MR) is 112 cm³/mol. The number of nitrogens with zero attached hydrogens (tertiary/aromatic N) is 3. The first-order valence-electron chi connectivity index (χ1n) is 9.05. The summed E-state index contributed by atoms with van der Waals surface area (Å²) in [5, 5.41) is 0. The molecular weight excluding hydrogens is 406 g/mol. The van der Waals surface area contributed by atoms with Crippen molar-refractivity contribution in [2.75, 3.05) is 0 Å². The van der Waals surface area contributed by atoms with Gasteiger partial charge in [0.2, 0.25) is 10.0 Å². The zero-order valence-electron chi connectivity index (χ0n) is 16.3. The molecule has 3 aromatic heterocycles. The van der Waals surface area contributed by atoms with Crippen LogP contribution in [0.2, 0.25) is 0 Å². The Bertz CT molecular complexity index is 1450.